The summed E-state index contributed by atoms with van der Waals surface area (Å²) in [5.41, 5.74) is 0.222. The summed E-state index contributed by atoms with van der Waals surface area (Å²) < 4.78 is 42.6. The highest BCUT2D eigenvalue weighted by molar-refractivity contribution is 7.70. The molecule has 2 atom stereocenters. The van der Waals surface area contributed by atoms with Crippen LogP contribution in [0.3, 0.4) is 0 Å². The van der Waals surface area contributed by atoms with E-state index in [2.05, 4.69) is 9.80 Å². The molecular formula is C38H46FN6O4P. The van der Waals surface area contributed by atoms with Crippen molar-refractivity contribution in [3.63, 3.8) is 0 Å². The zero-order chi connectivity index (χ0) is 35.0. The van der Waals surface area contributed by atoms with Crippen LogP contribution < -0.4 is 14.9 Å². The molecule has 4 aromatic rings. The van der Waals surface area contributed by atoms with Crippen LogP contribution in [0.2, 0.25) is 0 Å². The number of hydrogen-bond acceptors (Lipinski definition) is 9. The van der Waals surface area contributed by atoms with E-state index in [9.17, 15) is 9.36 Å². The molecule has 0 spiro atoms. The molecule has 0 aliphatic carbocycles. The van der Waals surface area contributed by atoms with E-state index in [-0.39, 0.29) is 40.9 Å². The number of rotatable bonds is 6. The van der Waals surface area contributed by atoms with Gasteiger partial charge in [-0.25, -0.2) is 9.18 Å². The van der Waals surface area contributed by atoms with E-state index >= 15 is 4.39 Å². The van der Waals surface area contributed by atoms with Gasteiger partial charge < -0.3 is 18.9 Å². The van der Waals surface area contributed by atoms with Gasteiger partial charge in [0.2, 0.25) is 0 Å². The zero-order valence-corrected chi connectivity index (χ0v) is 30.5. The Morgan fingerprint density at radius 1 is 1.02 bits per heavy atom. The molecule has 4 aliphatic heterocycles. The SMILES string of the molecule is CC(C)(C)OC(=O)N1C2CCC1CN(c1nc(OCC34CCCN3CCC4)nc3c(F)c(-c4cc(P(C)(C)=O)cc5ccccc45)ncc13)C2. The van der Waals surface area contributed by atoms with E-state index in [0.717, 1.165) is 62.4 Å². The van der Waals surface area contributed by atoms with Crippen LogP contribution in [-0.2, 0) is 9.30 Å². The van der Waals surface area contributed by atoms with Crippen molar-refractivity contribution in [2.24, 2.45) is 0 Å². The van der Waals surface area contributed by atoms with E-state index in [1.54, 1.807) is 25.6 Å². The van der Waals surface area contributed by atoms with Crippen molar-refractivity contribution in [3.8, 4) is 17.3 Å². The Morgan fingerprint density at radius 3 is 2.40 bits per heavy atom. The number of nitrogens with zero attached hydrogens (tertiary/aromatic N) is 6. The highest BCUT2D eigenvalue weighted by atomic mass is 31.2. The van der Waals surface area contributed by atoms with Crippen LogP contribution >= 0.6 is 7.14 Å². The van der Waals surface area contributed by atoms with Gasteiger partial charge in [0.15, 0.2) is 5.82 Å². The number of piperazine rings is 1. The monoisotopic (exact) mass is 700 g/mol. The Labute approximate surface area is 292 Å². The van der Waals surface area contributed by atoms with Crippen molar-refractivity contribution in [2.75, 3.05) is 51.0 Å². The summed E-state index contributed by atoms with van der Waals surface area (Å²) in [6, 6.07) is 11.5. The number of anilines is 1. The first-order valence-electron chi connectivity index (χ1n) is 17.9. The second-order valence-corrected chi connectivity index (χ2v) is 19.2. The minimum Gasteiger partial charge on any atom is -0.461 e. The number of halogens is 1. The summed E-state index contributed by atoms with van der Waals surface area (Å²) >= 11 is 0. The Balaban J connectivity index is 1.22. The van der Waals surface area contributed by atoms with Crippen molar-refractivity contribution < 1.29 is 23.2 Å². The van der Waals surface area contributed by atoms with Gasteiger partial charge >= 0.3 is 12.1 Å². The number of aromatic nitrogens is 3. The van der Waals surface area contributed by atoms with Crippen molar-refractivity contribution >= 4 is 46.0 Å². The number of hydrogen-bond donors (Lipinski definition) is 0. The highest BCUT2D eigenvalue weighted by Gasteiger charge is 2.46. The standard InChI is InChI=1S/C38H46FN6O4P/c1-37(2,3)49-36(46)45-25-12-13-26(45)22-43(21-25)34-30-20-40-32(29-19-27(50(4,5)47)18-24-10-6-7-11-28(24)29)31(39)33(30)41-35(42-34)48-23-38-14-8-16-44(38)17-9-15-38/h6-7,10-11,18-20,25-26H,8-9,12-17,21-23H2,1-5H3. The van der Waals surface area contributed by atoms with Gasteiger partial charge in [-0.3, -0.25) is 14.8 Å². The van der Waals surface area contributed by atoms with Crippen molar-refractivity contribution in [1.82, 2.24) is 24.8 Å². The van der Waals surface area contributed by atoms with E-state index in [4.69, 9.17) is 24.4 Å². The molecule has 12 heteroatoms. The Morgan fingerprint density at radius 2 is 1.72 bits per heavy atom. The average Bonchev–Trinajstić information content (AvgIpc) is 3.73. The minimum atomic E-state index is -2.67. The van der Waals surface area contributed by atoms with E-state index in [0.29, 0.717) is 41.8 Å². The van der Waals surface area contributed by atoms with Crippen LogP contribution in [0.25, 0.3) is 32.9 Å². The predicted molar refractivity (Wildman–Crippen MR) is 195 cm³/mol. The van der Waals surface area contributed by atoms with E-state index < -0.39 is 18.6 Å². The second-order valence-electron chi connectivity index (χ2n) is 16.0. The quantitative estimate of drug-likeness (QED) is 0.201. The van der Waals surface area contributed by atoms with Crippen LogP contribution in [-0.4, -0.2) is 100 Å². The number of fused-ring (bicyclic) bond motifs is 5. The molecule has 50 heavy (non-hydrogen) atoms. The summed E-state index contributed by atoms with van der Waals surface area (Å²) in [5, 5.41) is 2.84. The molecule has 4 saturated heterocycles. The fraction of sp³-hybridized carbons (Fsp3) is 0.526. The summed E-state index contributed by atoms with van der Waals surface area (Å²) in [6.07, 6.45) is 7.46. The second kappa shape index (κ2) is 12.2. The number of carbonyl (C=O) groups is 1. The van der Waals surface area contributed by atoms with Gasteiger partial charge in [0.25, 0.3) is 0 Å². The molecule has 0 N–H and O–H groups in total. The number of carbonyl (C=O) groups excluding carboxylic acids is 1. The molecule has 2 aromatic carbocycles. The number of pyridine rings is 1. The smallest absolute Gasteiger partial charge is 0.410 e. The first kappa shape index (κ1) is 33.3. The van der Waals surface area contributed by atoms with Gasteiger partial charge in [0.05, 0.1) is 23.0 Å². The summed E-state index contributed by atoms with van der Waals surface area (Å²) in [6.45, 7) is 12.7. The first-order valence-corrected chi connectivity index (χ1v) is 20.5. The first-order chi connectivity index (χ1) is 23.8. The summed E-state index contributed by atoms with van der Waals surface area (Å²) in [4.78, 5) is 34.2. The zero-order valence-electron chi connectivity index (χ0n) is 29.6. The highest BCUT2D eigenvalue weighted by Crippen LogP contribution is 2.42. The maximum atomic E-state index is 17.1. The number of amides is 1. The maximum absolute atomic E-state index is 17.1. The molecule has 6 heterocycles. The van der Waals surface area contributed by atoms with E-state index in [1.165, 1.54) is 0 Å². The molecule has 10 nitrogen and oxygen atoms in total. The van der Waals surface area contributed by atoms with Crippen LogP contribution in [0.1, 0.15) is 59.3 Å². The molecule has 2 aromatic heterocycles. The minimum absolute atomic E-state index is 0.0355. The third-order valence-corrected chi connectivity index (χ3v) is 12.5. The van der Waals surface area contributed by atoms with Gasteiger partial charge in [-0.05, 0) is 109 Å². The van der Waals surface area contributed by atoms with Crippen LogP contribution in [0.4, 0.5) is 15.0 Å². The van der Waals surface area contributed by atoms with Gasteiger partial charge in [0, 0.05) is 30.2 Å². The Bertz CT molecular complexity index is 2020. The lowest BCUT2D eigenvalue weighted by atomic mass is 9.95. The topological polar surface area (TPSA) is 101 Å². The molecule has 4 aliphatic rings. The van der Waals surface area contributed by atoms with Gasteiger partial charge in [-0.1, -0.05) is 24.3 Å². The van der Waals surface area contributed by atoms with E-state index in [1.807, 2.05) is 56.0 Å². The number of ether oxygens (including phenoxy) is 2. The largest absolute Gasteiger partial charge is 0.461 e. The third-order valence-electron chi connectivity index (χ3n) is 11.0. The molecule has 8 rings (SSSR count). The lowest BCUT2D eigenvalue weighted by molar-refractivity contribution is 0.0122. The lowest BCUT2D eigenvalue weighted by Crippen LogP contribution is -2.57. The molecule has 0 radical (unpaired) electrons. The van der Waals surface area contributed by atoms with Crippen molar-refractivity contribution in [1.29, 1.82) is 0 Å². The summed E-state index contributed by atoms with van der Waals surface area (Å²) in [5.74, 6) is -0.0154. The Kier molecular flexibility index (Phi) is 8.10. The van der Waals surface area contributed by atoms with Crippen LogP contribution in [0.15, 0.2) is 42.6 Å². The van der Waals surface area contributed by atoms with Gasteiger partial charge in [0.1, 0.15) is 36.4 Å². The van der Waals surface area contributed by atoms with Gasteiger partial charge in [-0.15, -0.1) is 0 Å². The third kappa shape index (κ3) is 5.90. The van der Waals surface area contributed by atoms with Gasteiger partial charge in [-0.2, -0.15) is 9.97 Å². The average molecular weight is 701 g/mol. The molecule has 2 bridgehead atoms. The Hall–Kier alpha value is -3.82. The summed E-state index contributed by atoms with van der Waals surface area (Å²) in [7, 11) is -2.67. The van der Waals surface area contributed by atoms with Crippen LogP contribution in [0.5, 0.6) is 6.01 Å². The fourth-order valence-corrected chi connectivity index (χ4v) is 9.56. The molecule has 2 unspecified atom stereocenters. The maximum Gasteiger partial charge on any atom is 0.410 e. The molecular weight excluding hydrogens is 654 g/mol. The molecule has 1 amide bonds. The van der Waals surface area contributed by atoms with Crippen molar-refractivity contribution in [3.05, 3.63) is 48.4 Å². The molecule has 264 valence electrons. The normalized spacial score (nSPS) is 22.0. The molecule has 0 saturated carbocycles. The lowest BCUT2D eigenvalue weighted by Gasteiger charge is -2.42. The fourth-order valence-electron chi connectivity index (χ4n) is 8.67. The van der Waals surface area contributed by atoms with Crippen molar-refractivity contribution in [2.45, 2.75) is 82.5 Å². The number of benzene rings is 2. The van der Waals surface area contributed by atoms with Crippen LogP contribution in [0, 0.1) is 5.82 Å². The predicted octanol–water partition coefficient (Wildman–Crippen LogP) is 6.83. The molecule has 4 fully saturated rings.